The lowest BCUT2D eigenvalue weighted by molar-refractivity contribution is 0.262. The third-order valence-electron chi connectivity index (χ3n) is 2.79. The van der Waals surface area contributed by atoms with Gasteiger partial charge >= 0.3 is 6.03 Å². The first kappa shape index (κ1) is 12.6. The summed E-state index contributed by atoms with van der Waals surface area (Å²) in [5, 5.41) is 5.57. The van der Waals surface area contributed by atoms with Gasteiger partial charge in [0.05, 0.1) is 11.7 Å². The smallest absolute Gasteiger partial charge is 0.308 e. The van der Waals surface area contributed by atoms with Gasteiger partial charge in [0, 0.05) is 11.4 Å². The van der Waals surface area contributed by atoms with Crippen LogP contribution in [0, 0.1) is 6.92 Å². The number of hydrogen-bond acceptors (Lipinski definition) is 4. The van der Waals surface area contributed by atoms with Crippen LogP contribution in [0.25, 0.3) is 11.0 Å². The number of urea groups is 1. The second kappa shape index (κ2) is 5.26. The molecule has 3 rings (SSSR count). The van der Waals surface area contributed by atoms with Crippen LogP contribution >= 0.6 is 11.7 Å². The molecule has 0 aliphatic carbocycles. The van der Waals surface area contributed by atoms with Crippen LogP contribution in [-0.4, -0.2) is 14.8 Å². The van der Waals surface area contributed by atoms with Crippen molar-refractivity contribution >= 4 is 40.2 Å². The molecule has 2 amide bonds. The summed E-state index contributed by atoms with van der Waals surface area (Å²) in [6.45, 7) is 1.98. The maximum absolute atomic E-state index is 11.9. The number of rotatable bonds is 2. The second-order valence-electron chi connectivity index (χ2n) is 4.42. The van der Waals surface area contributed by atoms with E-state index in [-0.39, 0.29) is 6.03 Å². The Balaban J connectivity index is 1.72. The van der Waals surface area contributed by atoms with Crippen LogP contribution in [0.15, 0.2) is 42.5 Å². The van der Waals surface area contributed by atoms with Crippen molar-refractivity contribution in [2.45, 2.75) is 6.92 Å². The van der Waals surface area contributed by atoms with Crippen LogP contribution < -0.4 is 10.6 Å². The maximum Gasteiger partial charge on any atom is 0.323 e. The van der Waals surface area contributed by atoms with E-state index in [1.807, 2.05) is 37.3 Å². The minimum absolute atomic E-state index is 0.280. The van der Waals surface area contributed by atoms with Gasteiger partial charge in [0.25, 0.3) is 0 Å². The Kier molecular flexibility index (Phi) is 3.30. The van der Waals surface area contributed by atoms with E-state index in [4.69, 9.17) is 0 Å². The van der Waals surface area contributed by atoms with E-state index >= 15 is 0 Å². The molecule has 0 fully saturated rings. The number of aryl methyl sites for hydroxylation is 1. The van der Waals surface area contributed by atoms with E-state index in [2.05, 4.69) is 19.4 Å². The fourth-order valence-electron chi connectivity index (χ4n) is 1.88. The van der Waals surface area contributed by atoms with Gasteiger partial charge in [0.15, 0.2) is 0 Å². The molecule has 0 radical (unpaired) electrons. The lowest BCUT2D eigenvalue weighted by Crippen LogP contribution is -2.19. The van der Waals surface area contributed by atoms with Crippen LogP contribution in [0.3, 0.4) is 0 Å². The van der Waals surface area contributed by atoms with Gasteiger partial charge in [0.2, 0.25) is 0 Å². The Labute approximate surface area is 120 Å². The van der Waals surface area contributed by atoms with Gasteiger partial charge in [0.1, 0.15) is 11.0 Å². The quantitative estimate of drug-likeness (QED) is 0.755. The molecule has 1 heterocycles. The first-order valence-corrected chi connectivity index (χ1v) is 6.81. The molecule has 5 nitrogen and oxygen atoms in total. The summed E-state index contributed by atoms with van der Waals surface area (Å²) >= 11 is 1.16. The first-order chi connectivity index (χ1) is 9.70. The average molecular weight is 284 g/mol. The van der Waals surface area contributed by atoms with Crippen LogP contribution in [-0.2, 0) is 0 Å². The summed E-state index contributed by atoms with van der Waals surface area (Å²) in [5.74, 6) is 0. The largest absolute Gasteiger partial charge is 0.323 e. The Morgan fingerprint density at radius 1 is 1.00 bits per heavy atom. The van der Waals surface area contributed by atoms with Gasteiger partial charge in [-0.15, -0.1) is 0 Å². The van der Waals surface area contributed by atoms with E-state index in [1.54, 1.807) is 12.1 Å². The Hall–Kier alpha value is -2.47. The minimum atomic E-state index is -0.280. The van der Waals surface area contributed by atoms with Crippen molar-refractivity contribution < 1.29 is 4.79 Å². The maximum atomic E-state index is 11.9. The van der Waals surface area contributed by atoms with Crippen molar-refractivity contribution in [2.75, 3.05) is 10.6 Å². The second-order valence-corrected chi connectivity index (χ2v) is 4.94. The van der Waals surface area contributed by atoms with Gasteiger partial charge in [-0.3, -0.25) is 0 Å². The fourth-order valence-corrected chi connectivity index (χ4v) is 2.39. The van der Waals surface area contributed by atoms with Crippen LogP contribution in [0.4, 0.5) is 16.2 Å². The summed E-state index contributed by atoms with van der Waals surface area (Å²) in [6, 6.07) is 12.8. The minimum Gasteiger partial charge on any atom is -0.308 e. The standard InChI is InChI=1S/C14H12N4OS/c1-9-3-2-4-10(7-9)15-14(19)16-11-5-6-12-13(8-11)18-20-17-12/h2-8H,1H3,(H2,15,16,19). The molecule has 0 saturated heterocycles. The fraction of sp³-hybridized carbons (Fsp3) is 0.0714. The molecule has 20 heavy (non-hydrogen) atoms. The number of carbonyl (C=O) groups excluding carboxylic acids is 1. The van der Waals surface area contributed by atoms with Crippen molar-refractivity contribution in [3.8, 4) is 0 Å². The lowest BCUT2D eigenvalue weighted by Gasteiger charge is -2.08. The Morgan fingerprint density at radius 3 is 2.55 bits per heavy atom. The monoisotopic (exact) mass is 284 g/mol. The van der Waals surface area contributed by atoms with Crippen LogP contribution in [0.1, 0.15) is 5.56 Å². The number of fused-ring (bicyclic) bond motifs is 1. The summed E-state index contributed by atoms with van der Waals surface area (Å²) in [6.07, 6.45) is 0. The molecular formula is C14H12N4OS. The number of nitrogens with one attached hydrogen (secondary N) is 2. The normalized spacial score (nSPS) is 10.4. The average Bonchev–Trinajstić information content (AvgIpc) is 2.86. The zero-order valence-electron chi connectivity index (χ0n) is 10.8. The van der Waals surface area contributed by atoms with E-state index in [1.165, 1.54) is 0 Å². The van der Waals surface area contributed by atoms with Gasteiger partial charge in [-0.05, 0) is 42.8 Å². The van der Waals surface area contributed by atoms with E-state index in [9.17, 15) is 4.79 Å². The van der Waals surface area contributed by atoms with E-state index < -0.39 is 0 Å². The highest BCUT2D eigenvalue weighted by atomic mass is 32.1. The molecule has 6 heteroatoms. The van der Waals surface area contributed by atoms with Crippen molar-refractivity contribution in [2.24, 2.45) is 0 Å². The number of anilines is 2. The van der Waals surface area contributed by atoms with Crippen molar-refractivity contribution in [1.82, 2.24) is 8.75 Å². The number of nitrogens with zero attached hydrogens (tertiary/aromatic N) is 2. The van der Waals surface area contributed by atoms with E-state index in [0.29, 0.717) is 5.69 Å². The molecule has 0 atom stereocenters. The van der Waals surface area contributed by atoms with Gasteiger partial charge < -0.3 is 10.6 Å². The van der Waals surface area contributed by atoms with Crippen molar-refractivity contribution in [3.63, 3.8) is 0 Å². The third kappa shape index (κ3) is 2.75. The highest BCUT2D eigenvalue weighted by Gasteiger charge is 2.05. The number of carbonyl (C=O) groups is 1. The molecule has 1 aromatic heterocycles. The Morgan fingerprint density at radius 2 is 1.75 bits per heavy atom. The molecule has 0 bridgehead atoms. The Bertz CT molecular complexity index is 768. The van der Waals surface area contributed by atoms with Crippen LogP contribution in [0.5, 0.6) is 0 Å². The predicted octanol–water partition coefficient (Wildman–Crippen LogP) is 3.64. The molecule has 2 aromatic carbocycles. The SMILES string of the molecule is Cc1cccc(NC(=O)Nc2ccc3nsnc3c2)c1. The number of amides is 2. The zero-order chi connectivity index (χ0) is 13.9. The summed E-state index contributed by atoms with van der Waals surface area (Å²) in [5.41, 5.74) is 4.16. The molecule has 100 valence electrons. The topological polar surface area (TPSA) is 66.9 Å². The molecule has 3 aromatic rings. The van der Waals surface area contributed by atoms with Crippen molar-refractivity contribution in [1.29, 1.82) is 0 Å². The number of benzene rings is 2. The number of hydrogen-bond donors (Lipinski definition) is 2. The third-order valence-corrected chi connectivity index (χ3v) is 3.34. The zero-order valence-corrected chi connectivity index (χ0v) is 11.6. The molecule has 2 N–H and O–H groups in total. The highest BCUT2D eigenvalue weighted by molar-refractivity contribution is 7.00. The van der Waals surface area contributed by atoms with Gasteiger partial charge in [-0.25, -0.2) is 4.79 Å². The number of aromatic nitrogens is 2. The predicted molar refractivity (Wildman–Crippen MR) is 81.2 cm³/mol. The molecular weight excluding hydrogens is 272 g/mol. The van der Waals surface area contributed by atoms with E-state index in [0.717, 1.165) is 34.0 Å². The van der Waals surface area contributed by atoms with Gasteiger partial charge in [-0.1, -0.05) is 12.1 Å². The summed E-state index contributed by atoms with van der Waals surface area (Å²) < 4.78 is 8.26. The van der Waals surface area contributed by atoms with Crippen molar-refractivity contribution in [3.05, 3.63) is 48.0 Å². The lowest BCUT2D eigenvalue weighted by atomic mass is 10.2. The summed E-state index contributed by atoms with van der Waals surface area (Å²) in [7, 11) is 0. The summed E-state index contributed by atoms with van der Waals surface area (Å²) in [4.78, 5) is 11.9. The molecule has 0 aliphatic heterocycles. The molecule has 0 saturated carbocycles. The molecule has 0 unspecified atom stereocenters. The molecule has 0 spiro atoms. The first-order valence-electron chi connectivity index (χ1n) is 6.08. The molecule has 0 aliphatic rings. The highest BCUT2D eigenvalue weighted by Crippen LogP contribution is 2.17. The van der Waals surface area contributed by atoms with Gasteiger partial charge in [-0.2, -0.15) is 8.75 Å². The van der Waals surface area contributed by atoms with Crippen LogP contribution in [0.2, 0.25) is 0 Å².